The van der Waals surface area contributed by atoms with E-state index < -0.39 is 0 Å². The number of benzene rings is 2. The van der Waals surface area contributed by atoms with Crippen LogP contribution in [0.25, 0.3) is 0 Å². The van der Waals surface area contributed by atoms with Crippen LogP contribution in [-0.4, -0.2) is 35.0 Å². The van der Waals surface area contributed by atoms with E-state index in [0.717, 1.165) is 12.8 Å². The van der Waals surface area contributed by atoms with Crippen molar-refractivity contribution in [2.75, 3.05) is 18.4 Å². The van der Waals surface area contributed by atoms with Crippen LogP contribution in [0.5, 0.6) is 5.75 Å². The molecule has 2 aromatic rings. The summed E-state index contributed by atoms with van der Waals surface area (Å²) in [5.74, 6) is -0.381. The first-order valence-electron chi connectivity index (χ1n) is 9.94. The summed E-state index contributed by atoms with van der Waals surface area (Å²) in [6.45, 7) is 1.06. The van der Waals surface area contributed by atoms with Crippen molar-refractivity contribution < 1.29 is 14.7 Å². The van der Waals surface area contributed by atoms with Crippen LogP contribution in [0.15, 0.2) is 42.5 Å². The highest BCUT2D eigenvalue weighted by atomic mass is 35.5. The number of rotatable bonds is 3. The Bertz CT molecular complexity index is 925. The van der Waals surface area contributed by atoms with Gasteiger partial charge in [0, 0.05) is 24.0 Å². The molecule has 6 nitrogen and oxygen atoms in total. The number of carbonyl (C=O) groups is 2. The minimum atomic E-state index is -0.204. The maximum Gasteiger partial charge on any atom is 0.317 e. The summed E-state index contributed by atoms with van der Waals surface area (Å²) in [5.41, 5.74) is 2.82. The number of urea groups is 1. The smallest absolute Gasteiger partial charge is 0.317 e. The summed E-state index contributed by atoms with van der Waals surface area (Å²) >= 11 is 5.93. The molecular weight excluding hydrogens is 390 g/mol. The summed E-state index contributed by atoms with van der Waals surface area (Å²) in [4.78, 5) is 27.0. The lowest BCUT2D eigenvalue weighted by atomic mass is 9.96. The maximum absolute atomic E-state index is 12.7. The van der Waals surface area contributed by atoms with Gasteiger partial charge in [-0.05, 0) is 55.0 Å². The lowest BCUT2D eigenvalue weighted by Gasteiger charge is -2.32. The van der Waals surface area contributed by atoms with E-state index in [0.29, 0.717) is 36.6 Å². The fourth-order valence-corrected chi connectivity index (χ4v) is 4.31. The zero-order valence-electron chi connectivity index (χ0n) is 16.0. The molecular formula is C22H24ClN3O3. The molecule has 1 fully saturated rings. The Morgan fingerprint density at radius 1 is 1.07 bits per heavy atom. The number of piperidine rings is 1. The molecule has 0 aromatic heterocycles. The average Bonchev–Trinajstić information content (AvgIpc) is 3.13. The lowest BCUT2D eigenvalue weighted by molar-refractivity contribution is -0.121. The minimum Gasteiger partial charge on any atom is -0.506 e. The Morgan fingerprint density at radius 3 is 2.62 bits per heavy atom. The van der Waals surface area contributed by atoms with Crippen LogP contribution < -0.4 is 10.6 Å². The number of carbonyl (C=O) groups excluding carboxylic acids is 2. The molecule has 0 saturated carbocycles. The van der Waals surface area contributed by atoms with E-state index in [1.54, 1.807) is 11.0 Å². The first kappa shape index (κ1) is 19.6. The fraction of sp³-hybridized carbons (Fsp3) is 0.364. The molecule has 1 heterocycles. The van der Waals surface area contributed by atoms with Gasteiger partial charge in [0.2, 0.25) is 5.91 Å². The Kier molecular flexibility index (Phi) is 5.62. The second-order valence-electron chi connectivity index (χ2n) is 7.65. The molecule has 0 radical (unpaired) electrons. The largest absolute Gasteiger partial charge is 0.506 e. The molecule has 3 N–H and O–H groups in total. The van der Waals surface area contributed by atoms with Gasteiger partial charge in [0.05, 0.1) is 11.7 Å². The van der Waals surface area contributed by atoms with Crippen molar-refractivity contribution in [1.29, 1.82) is 0 Å². The third-order valence-electron chi connectivity index (χ3n) is 5.80. The normalized spacial score (nSPS) is 18.9. The van der Waals surface area contributed by atoms with Gasteiger partial charge in [-0.15, -0.1) is 0 Å². The Morgan fingerprint density at radius 2 is 1.83 bits per heavy atom. The van der Waals surface area contributed by atoms with E-state index in [1.807, 2.05) is 12.1 Å². The van der Waals surface area contributed by atoms with E-state index in [4.69, 9.17) is 11.6 Å². The number of hydrogen-bond acceptors (Lipinski definition) is 3. The number of nitrogens with zero attached hydrogens (tertiary/aromatic N) is 1. The number of hydrogen-bond donors (Lipinski definition) is 3. The predicted molar refractivity (Wildman–Crippen MR) is 112 cm³/mol. The van der Waals surface area contributed by atoms with E-state index >= 15 is 0 Å². The van der Waals surface area contributed by atoms with Crippen molar-refractivity contribution >= 4 is 29.2 Å². The van der Waals surface area contributed by atoms with Crippen molar-refractivity contribution in [3.05, 3.63) is 58.6 Å². The molecule has 1 saturated heterocycles. The quantitative estimate of drug-likeness (QED) is 0.663. The van der Waals surface area contributed by atoms with Crippen LogP contribution in [-0.2, 0) is 11.2 Å². The van der Waals surface area contributed by atoms with Crippen molar-refractivity contribution in [1.82, 2.24) is 10.2 Å². The van der Waals surface area contributed by atoms with Gasteiger partial charge in [-0.25, -0.2) is 4.79 Å². The summed E-state index contributed by atoms with van der Waals surface area (Å²) in [7, 11) is 0. The minimum absolute atomic E-state index is 0.0172. The number of fused-ring (bicyclic) bond motifs is 1. The van der Waals surface area contributed by atoms with Gasteiger partial charge >= 0.3 is 6.03 Å². The zero-order valence-corrected chi connectivity index (χ0v) is 16.8. The van der Waals surface area contributed by atoms with Gasteiger partial charge in [0.1, 0.15) is 5.75 Å². The van der Waals surface area contributed by atoms with Gasteiger partial charge in [-0.3, -0.25) is 4.79 Å². The number of phenolic OH excluding ortho intramolecular Hbond substituents is 1. The van der Waals surface area contributed by atoms with Crippen LogP contribution in [0.1, 0.15) is 36.4 Å². The van der Waals surface area contributed by atoms with Crippen LogP contribution in [0, 0.1) is 5.92 Å². The van der Waals surface area contributed by atoms with Crippen molar-refractivity contribution in [2.24, 2.45) is 5.92 Å². The average molecular weight is 414 g/mol. The zero-order chi connectivity index (χ0) is 20.4. The van der Waals surface area contributed by atoms with Gasteiger partial charge in [-0.1, -0.05) is 35.9 Å². The molecule has 7 heteroatoms. The highest BCUT2D eigenvalue weighted by Gasteiger charge is 2.30. The van der Waals surface area contributed by atoms with E-state index in [9.17, 15) is 14.7 Å². The standard InChI is InChI=1S/C22H24ClN3O3/c23-16-6-8-20(27)19(13-16)24-21(28)15-9-11-26(12-10-15)22(29)25-18-7-5-14-3-1-2-4-17(14)18/h1-4,6,8,13,15,18,27H,5,7,9-12H2,(H,24,28)(H,25,29). The van der Waals surface area contributed by atoms with E-state index in [2.05, 4.69) is 22.8 Å². The molecule has 2 aliphatic rings. The molecule has 3 amide bonds. The number of halogens is 1. The Labute approximate surface area is 174 Å². The lowest BCUT2D eigenvalue weighted by Crippen LogP contribution is -2.46. The molecule has 152 valence electrons. The molecule has 1 aliphatic heterocycles. The van der Waals surface area contributed by atoms with Crippen LogP contribution in [0.2, 0.25) is 5.02 Å². The topological polar surface area (TPSA) is 81.7 Å². The number of amides is 3. The maximum atomic E-state index is 12.7. The van der Waals surface area contributed by atoms with Gasteiger partial charge < -0.3 is 20.6 Å². The highest BCUT2D eigenvalue weighted by Crippen LogP contribution is 2.31. The summed E-state index contributed by atoms with van der Waals surface area (Å²) in [6, 6.07) is 12.8. The van der Waals surface area contributed by atoms with E-state index in [-0.39, 0.29) is 29.6 Å². The monoisotopic (exact) mass is 413 g/mol. The highest BCUT2D eigenvalue weighted by molar-refractivity contribution is 6.31. The van der Waals surface area contributed by atoms with E-state index in [1.165, 1.54) is 23.3 Å². The second-order valence-corrected chi connectivity index (χ2v) is 8.09. The molecule has 1 aliphatic carbocycles. The molecule has 0 bridgehead atoms. The third-order valence-corrected chi connectivity index (χ3v) is 6.04. The number of nitrogens with one attached hydrogen (secondary N) is 2. The van der Waals surface area contributed by atoms with Crippen LogP contribution >= 0.6 is 11.6 Å². The number of likely N-dealkylation sites (tertiary alicyclic amines) is 1. The van der Waals surface area contributed by atoms with Crippen LogP contribution in [0.3, 0.4) is 0 Å². The number of aryl methyl sites for hydroxylation is 1. The Balaban J connectivity index is 1.29. The first-order chi connectivity index (χ1) is 14.0. The molecule has 1 unspecified atom stereocenters. The molecule has 1 atom stereocenters. The first-order valence-corrected chi connectivity index (χ1v) is 10.3. The number of phenols is 1. The summed E-state index contributed by atoms with van der Waals surface area (Å²) in [5, 5.41) is 16.2. The van der Waals surface area contributed by atoms with Crippen LogP contribution in [0.4, 0.5) is 10.5 Å². The summed E-state index contributed by atoms with van der Waals surface area (Å²) in [6.07, 6.45) is 3.08. The molecule has 2 aromatic carbocycles. The van der Waals surface area contributed by atoms with Crippen molar-refractivity contribution in [3.8, 4) is 5.75 Å². The number of anilines is 1. The SMILES string of the molecule is O=C(Nc1cc(Cl)ccc1O)C1CCN(C(=O)NC2CCc3ccccc32)CC1. The van der Waals surface area contributed by atoms with Crippen molar-refractivity contribution in [2.45, 2.75) is 31.7 Å². The third kappa shape index (κ3) is 4.32. The van der Waals surface area contributed by atoms with Gasteiger partial charge in [0.15, 0.2) is 0 Å². The molecule has 29 heavy (non-hydrogen) atoms. The fourth-order valence-electron chi connectivity index (χ4n) is 4.14. The molecule has 4 rings (SSSR count). The van der Waals surface area contributed by atoms with Gasteiger partial charge in [0.25, 0.3) is 0 Å². The molecule has 0 spiro atoms. The predicted octanol–water partition coefficient (Wildman–Crippen LogP) is 4.09. The Hall–Kier alpha value is -2.73. The second kappa shape index (κ2) is 8.33. The summed E-state index contributed by atoms with van der Waals surface area (Å²) < 4.78 is 0. The van der Waals surface area contributed by atoms with Crippen molar-refractivity contribution in [3.63, 3.8) is 0 Å². The number of aromatic hydroxyl groups is 1. The van der Waals surface area contributed by atoms with Gasteiger partial charge in [-0.2, -0.15) is 0 Å².